The van der Waals surface area contributed by atoms with Gasteiger partial charge in [0, 0.05) is 16.7 Å². The van der Waals surface area contributed by atoms with E-state index in [2.05, 4.69) is 10.5 Å². The number of hydrogen-bond donors (Lipinski definition) is 1. The molecule has 0 saturated carbocycles. The lowest BCUT2D eigenvalue weighted by Gasteiger charge is -2.11. The van der Waals surface area contributed by atoms with E-state index in [1.165, 1.54) is 13.4 Å². The fraction of sp³-hybridized carbons (Fsp3) is 0.231. The summed E-state index contributed by atoms with van der Waals surface area (Å²) in [6.45, 7) is 3.59. The summed E-state index contributed by atoms with van der Waals surface area (Å²) >= 11 is 6.01. The second kappa shape index (κ2) is 5.32. The van der Waals surface area contributed by atoms with Gasteiger partial charge in [0.15, 0.2) is 5.69 Å². The number of ether oxygens (including phenoxy) is 1. The summed E-state index contributed by atoms with van der Waals surface area (Å²) in [5.41, 5.74) is 2.29. The quantitative estimate of drug-likeness (QED) is 0.938. The number of aryl methyl sites for hydroxylation is 2. The van der Waals surface area contributed by atoms with Crippen LogP contribution in [0.1, 0.15) is 21.6 Å². The van der Waals surface area contributed by atoms with Crippen molar-refractivity contribution >= 4 is 23.2 Å². The van der Waals surface area contributed by atoms with E-state index < -0.39 is 0 Å². The van der Waals surface area contributed by atoms with E-state index in [-0.39, 0.29) is 11.6 Å². The van der Waals surface area contributed by atoms with Crippen molar-refractivity contribution in [1.82, 2.24) is 5.16 Å². The molecule has 1 N–H and O–H groups in total. The van der Waals surface area contributed by atoms with Crippen molar-refractivity contribution in [3.05, 3.63) is 40.2 Å². The van der Waals surface area contributed by atoms with Crippen LogP contribution >= 0.6 is 11.6 Å². The summed E-state index contributed by atoms with van der Waals surface area (Å²) in [4.78, 5) is 12.0. The van der Waals surface area contributed by atoms with E-state index in [4.69, 9.17) is 20.9 Å². The summed E-state index contributed by atoms with van der Waals surface area (Å²) < 4.78 is 9.93. The Balaban J connectivity index is 2.31. The molecule has 0 aliphatic rings. The van der Waals surface area contributed by atoms with Gasteiger partial charge in [-0.1, -0.05) is 16.8 Å². The molecule has 19 heavy (non-hydrogen) atoms. The summed E-state index contributed by atoms with van der Waals surface area (Å²) in [7, 11) is 1.51. The van der Waals surface area contributed by atoms with Crippen molar-refractivity contribution in [3.63, 3.8) is 0 Å². The molecule has 5 nitrogen and oxygen atoms in total. The number of aromatic nitrogens is 1. The summed E-state index contributed by atoms with van der Waals surface area (Å²) in [5.74, 6) is 0.136. The van der Waals surface area contributed by atoms with E-state index in [9.17, 15) is 4.79 Å². The van der Waals surface area contributed by atoms with Crippen LogP contribution in [0.3, 0.4) is 0 Å². The van der Waals surface area contributed by atoms with Crippen molar-refractivity contribution < 1.29 is 14.1 Å². The van der Waals surface area contributed by atoms with Crippen molar-refractivity contribution in [3.8, 4) is 5.75 Å². The van der Waals surface area contributed by atoms with Gasteiger partial charge in [-0.25, -0.2) is 0 Å². The Kier molecular flexibility index (Phi) is 3.76. The highest BCUT2D eigenvalue weighted by molar-refractivity contribution is 6.31. The molecule has 2 aromatic rings. The smallest absolute Gasteiger partial charge is 0.278 e. The average Bonchev–Trinajstić information content (AvgIpc) is 2.79. The normalized spacial score (nSPS) is 10.3. The number of rotatable bonds is 3. The second-order valence-corrected chi connectivity index (χ2v) is 4.51. The molecule has 100 valence electrons. The van der Waals surface area contributed by atoms with Crippen molar-refractivity contribution in [2.45, 2.75) is 13.8 Å². The molecule has 0 saturated heterocycles. The van der Waals surface area contributed by atoms with Gasteiger partial charge >= 0.3 is 0 Å². The van der Waals surface area contributed by atoms with Crippen LogP contribution in [0.25, 0.3) is 0 Å². The number of methoxy groups -OCH3 is 1. The zero-order chi connectivity index (χ0) is 14.0. The van der Waals surface area contributed by atoms with Crippen molar-refractivity contribution in [2.24, 2.45) is 0 Å². The number of anilines is 1. The lowest BCUT2D eigenvalue weighted by molar-refractivity contribution is 0.101. The Hall–Kier alpha value is -2.01. The maximum atomic E-state index is 12.0. The Morgan fingerprint density at radius 3 is 2.68 bits per heavy atom. The third-order valence-corrected chi connectivity index (χ3v) is 3.10. The predicted octanol–water partition coefficient (Wildman–Crippen LogP) is 3.21. The van der Waals surface area contributed by atoms with Gasteiger partial charge in [0.25, 0.3) is 5.91 Å². The fourth-order valence-corrected chi connectivity index (χ4v) is 1.77. The SMILES string of the molecule is COc1cc(Cl)c(C)cc1NC(=O)c1nocc1C. The third kappa shape index (κ3) is 2.71. The summed E-state index contributed by atoms with van der Waals surface area (Å²) in [6.07, 6.45) is 1.42. The molecule has 2 rings (SSSR count). The number of carbonyl (C=O) groups excluding carboxylic acids is 1. The number of halogens is 1. The van der Waals surface area contributed by atoms with E-state index in [1.54, 1.807) is 19.1 Å². The van der Waals surface area contributed by atoms with Crippen LogP contribution in [0, 0.1) is 13.8 Å². The molecular weight excluding hydrogens is 268 g/mol. The molecule has 0 atom stereocenters. The van der Waals surface area contributed by atoms with Gasteiger partial charge in [0.1, 0.15) is 12.0 Å². The van der Waals surface area contributed by atoms with Crippen LogP contribution in [0.15, 0.2) is 22.9 Å². The number of hydrogen-bond acceptors (Lipinski definition) is 4. The molecule has 6 heteroatoms. The minimum absolute atomic E-state index is 0.245. The Morgan fingerprint density at radius 1 is 1.37 bits per heavy atom. The summed E-state index contributed by atoms with van der Waals surface area (Å²) in [6, 6.07) is 3.40. The largest absolute Gasteiger partial charge is 0.495 e. The summed E-state index contributed by atoms with van der Waals surface area (Å²) in [5, 5.41) is 6.96. The first kappa shape index (κ1) is 13.4. The topological polar surface area (TPSA) is 64.4 Å². The first-order chi connectivity index (χ1) is 9.02. The molecule has 0 aliphatic carbocycles. The van der Waals surface area contributed by atoms with Gasteiger partial charge in [-0.05, 0) is 25.5 Å². The monoisotopic (exact) mass is 280 g/mol. The second-order valence-electron chi connectivity index (χ2n) is 4.10. The molecule has 1 amide bonds. The number of carbonyl (C=O) groups is 1. The van der Waals surface area contributed by atoms with Crippen LogP contribution in [0.4, 0.5) is 5.69 Å². The molecular formula is C13H13ClN2O3. The lowest BCUT2D eigenvalue weighted by atomic mass is 10.2. The van der Waals surface area contributed by atoms with E-state index >= 15 is 0 Å². The molecule has 0 unspecified atom stereocenters. The molecule has 0 fully saturated rings. The van der Waals surface area contributed by atoms with E-state index in [1.807, 2.05) is 6.92 Å². The van der Waals surface area contributed by atoms with E-state index in [0.717, 1.165) is 5.56 Å². The molecule has 1 aromatic heterocycles. The van der Waals surface area contributed by atoms with E-state index in [0.29, 0.717) is 22.0 Å². The molecule has 1 aromatic carbocycles. The third-order valence-electron chi connectivity index (χ3n) is 2.69. The highest BCUT2D eigenvalue weighted by Gasteiger charge is 2.16. The Bertz CT molecular complexity index is 622. The predicted molar refractivity (Wildman–Crippen MR) is 71.9 cm³/mol. The van der Waals surface area contributed by atoms with Crippen LogP contribution in [0.2, 0.25) is 5.02 Å². The fourth-order valence-electron chi connectivity index (χ4n) is 1.62. The maximum absolute atomic E-state index is 12.0. The number of amides is 1. The van der Waals surface area contributed by atoms with Crippen LogP contribution in [-0.2, 0) is 0 Å². The first-order valence-electron chi connectivity index (χ1n) is 5.59. The molecule has 0 bridgehead atoms. The average molecular weight is 281 g/mol. The van der Waals surface area contributed by atoms with Crippen molar-refractivity contribution in [2.75, 3.05) is 12.4 Å². The highest BCUT2D eigenvalue weighted by Crippen LogP contribution is 2.31. The standard InChI is InChI=1S/C13H13ClN2O3/c1-7-4-10(11(18-3)5-9(7)14)15-13(17)12-8(2)6-19-16-12/h4-6H,1-3H3,(H,15,17). The van der Waals surface area contributed by atoms with Gasteiger partial charge in [0.05, 0.1) is 12.8 Å². The number of benzene rings is 1. The van der Waals surface area contributed by atoms with Crippen molar-refractivity contribution in [1.29, 1.82) is 0 Å². The lowest BCUT2D eigenvalue weighted by Crippen LogP contribution is -2.14. The van der Waals surface area contributed by atoms with Crippen LogP contribution in [-0.4, -0.2) is 18.2 Å². The Labute approximate surface area is 115 Å². The van der Waals surface area contributed by atoms with Gasteiger partial charge in [-0.15, -0.1) is 0 Å². The molecule has 1 heterocycles. The van der Waals surface area contributed by atoms with Gasteiger partial charge in [0.2, 0.25) is 0 Å². The highest BCUT2D eigenvalue weighted by atomic mass is 35.5. The molecule has 0 spiro atoms. The van der Waals surface area contributed by atoms with Crippen LogP contribution < -0.4 is 10.1 Å². The number of nitrogens with zero attached hydrogens (tertiary/aromatic N) is 1. The minimum Gasteiger partial charge on any atom is -0.495 e. The zero-order valence-corrected chi connectivity index (χ0v) is 11.5. The molecule has 0 radical (unpaired) electrons. The number of nitrogens with one attached hydrogen (secondary N) is 1. The maximum Gasteiger partial charge on any atom is 0.278 e. The minimum atomic E-state index is -0.355. The van der Waals surface area contributed by atoms with Gasteiger partial charge in [-0.3, -0.25) is 4.79 Å². The molecule has 0 aliphatic heterocycles. The van der Waals surface area contributed by atoms with Crippen LogP contribution in [0.5, 0.6) is 5.75 Å². The van der Waals surface area contributed by atoms with Gasteiger partial charge in [-0.2, -0.15) is 0 Å². The Morgan fingerprint density at radius 2 is 2.11 bits per heavy atom. The van der Waals surface area contributed by atoms with Gasteiger partial charge < -0.3 is 14.6 Å². The first-order valence-corrected chi connectivity index (χ1v) is 5.97. The zero-order valence-electron chi connectivity index (χ0n) is 10.8.